The van der Waals surface area contributed by atoms with E-state index in [2.05, 4.69) is 10.0 Å². The number of piperidine rings is 1. The summed E-state index contributed by atoms with van der Waals surface area (Å²) in [6, 6.07) is 5.85. The highest BCUT2D eigenvalue weighted by molar-refractivity contribution is 14.1. The number of ether oxygens (including phenoxy) is 1. The molecule has 9 nitrogen and oxygen atoms in total. The standard InChI is InChI=1S/C24H31F3IN5O4S/c1-31(2)24(34)32(12-13-37-3)15-16-8-10-33(11-9-16)38(35,36)30-21-7-5-18(25)22(27)23(21)29-20-6-4-17(28)14-19(20)26/h4-7,14,16,29-30H,8-13,15H2,1-3H3. The summed E-state index contributed by atoms with van der Waals surface area (Å²) >= 11 is 1.91. The summed E-state index contributed by atoms with van der Waals surface area (Å²) in [5.41, 5.74) is -0.924. The van der Waals surface area contributed by atoms with Crippen LogP contribution in [0.15, 0.2) is 30.3 Å². The van der Waals surface area contributed by atoms with Crippen molar-refractivity contribution in [2.45, 2.75) is 12.8 Å². The zero-order chi connectivity index (χ0) is 28.0. The molecule has 1 heterocycles. The van der Waals surface area contributed by atoms with Crippen LogP contribution >= 0.6 is 22.6 Å². The fourth-order valence-corrected chi connectivity index (χ4v) is 5.80. The van der Waals surface area contributed by atoms with Crippen LogP contribution in [0, 0.1) is 26.9 Å². The molecule has 0 aliphatic carbocycles. The lowest BCUT2D eigenvalue weighted by atomic mass is 9.97. The molecule has 0 spiro atoms. The second-order valence-electron chi connectivity index (χ2n) is 9.10. The monoisotopic (exact) mass is 669 g/mol. The molecule has 210 valence electrons. The van der Waals surface area contributed by atoms with Crippen molar-refractivity contribution in [1.82, 2.24) is 14.1 Å². The van der Waals surface area contributed by atoms with Gasteiger partial charge in [0.1, 0.15) is 11.5 Å². The van der Waals surface area contributed by atoms with Gasteiger partial charge < -0.3 is 19.9 Å². The smallest absolute Gasteiger partial charge is 0.319 e. The Morgan fingerprint density at radius 3 is 2.37 bits per heavy atom. The first-order chi connectivity index (χ1) is 17.9. The second-order valence-corrected chi connectivity index (χ2v) is 12.0. The predicted molar refractivity (Wildman–Crippen MR) is 148 cm³/mol. The molecule has 1 saturated heterocycles. The Balaban J connectivity index is 1.71. The third-order valence-corrected chi connectivity index (χ3v) is 8.33. The van der Waals surface area contributed by atoms with E-state index >= 15 is 0 Å². The Morgan fingerprint density at radius 2 is 1.76 bits per heavy atom. The number of methoxy groups -OCH3 is 1. The average molecular weight is 670 g/mol. The zero-order valence-corrected chi connectivity index (χ0v) is 24.3. The predicted octanol–water partition coefficient (Wildman–Crippen LogP) is 4.45. The van der Waals surface area contributed by atoms with Gasteiger partial charge in [-0.3, -0.25) is 4.72 Å². The van der Waals surface area contributed by atoms with Gasteiger partial charge >= 0.3 is 16.2 Å². The first-order valence-electron chi connectivity index (χ1n) is 11.9. The lowest BCUT2D eigenvalue weighted by molar-refractivity contribution is 0.119. The van der Waals surface area contributed by atoms with Gasteiger partial charge in [0, 0.05) is 51.0 Å². The van der Waals surface area contributed by atoms with Crippen LogP contribution in [0.5, 0.6) is 0 Å². The number of nitrogens with one attached hydrogen (secondary N) is 2. The summed E-state index contributed by atoms with van der Waals surface area (Å²) < 4.78 is 78.6. The average Bonchev–Trinajstić information content (AvgIpc) is 2.87. The van der Waals surface area contributed by atoms with E-state index in [1.165, 1.54) is 21.3 Å². The normalized spacial score (nSPS) is 14.8. The van der Waals surface area contributed by atoms with E-state index in [9.17, 15) is 26.4 Å². The third-order valence-electron chi connectivity index (χ3n) is 6.13. The lowest BCUT2D eigenvalue weighted by Crippen LogP contribution is -2.47. The van der Waals surface area contributed by atoms with Crippen molar-refractivity contribution in [3.05, 3.63) is 51.4 Å². The largest absolute Gasteiger partial charge is 0.383 e. The number of hydrogen-bond donors (Lipinski definition) is 2. The highest BCUT2D eigenvalue weighted by atomic mass is 127. The molecule has 2 amide bonds. The van der Waals surface area contributed by atoms with Crippen LogP contribution in [0.1, 0.15) is 12.8 Å². The Labute approximate surface area is 234 Å². The number of amides is 2. The first-order valence-corrected chi connectivity index (χ1v) is 14.4. The van der Waals surface area contributed by atoms with Gasteiger partial charge in [-0.25, -0.2) is 18.0 Å². The molecule has 2 N–H and O–H groups in total. The minimum absolute atomic E-state index is 0.0755. The molecule has 1 aliphatic rings. The van der Waals surface area contributed by atoms with E-state index < -0.39 is 33.3 Å². The SMILES string of the molecule is COCCN(CC1CCN(S(=O)(=O)Nc2ccc(F)c(F)c2Nc2ccc(I)cc2F)CC1)C(=O)N(C)C. The Kier molecular flexibility index (Phi) is 10.5. The summed E-state index contributed by atoms with van der Waals surface area (Å²) in [5.74, 6) is -3.19. The fraction of sp³-hybridized carbons (Fsp3) is 0.458. The Morgan fingerprint density at radius 1 is 1.11 bits per heavy atom. The molecule has 2 aromatic rings. The number of urea groups is 1. The third kappa shape index (κ3) is 7.64. The highest BCUT2D eigenvalue weighted by Gasteiger charge is 2.31. The van der Waals surface area contributed by atoms with E-state index in [0.717, 1.165) is 12.1 Å². The van der Waals surface area contributed by atoms with Gasteiger partial charge in [-0.1, -0.05) is 0 Å². The van der Waals surface area contributed by atoms with Crippen molar-refractivity contribution in [3.63, 3.8) is 0 Å². The topological polar surface area (TPSA) is 94.2 Å². The van der Waals surface area contributed by atoms with E-state index in [0.29, 0.717) is 36.1 Å². The number of carbonyl (C=O) groups excluding carboxylic acids is 1. The number of anilines is 3. The minimum Gasteiger partial charge on any atom is -0.383 e. The van der Waals surface area contributed by atoms with Gasteiger partial charge in [-0.2, -0.15) is 12.7 Å². The number of rotatable bonds is 10. The van der Waals surface area contributed by atoms with Crippen molar-refractivity contribution in [2.75, 3.05) is 64.0 Å². The fourth-order valence-electron chi connectivity index (χ4n) is 4.08. The van der Waals surface area contributed by atoms with Crippen molar-refractivity contribution < 1.29 is 31.1 Å². The number of halogens is 4. The molecule has 1 fully saturated rings. The molecule has 0 unspecified atom stereocenters. The summed E-state index contributed by atoms with van der Waals surface area (Å²) in [4.78, 5) is 15.7. The van der Waals surface area contributed by atoms with Crippen LogP contribution in [-0.4, -0.2) is 82.5 Å². The zero-order valence-electron chi connectivity index (χ0n) is 21.3. The summed E-state index contributed by atoms with van der Waals surface area (Å²) in [5, 5.41) is 2.48. The molecule has 0 atom stereocenters. The van der Waals surface area contributed by atoms with E-state index in [1.54, 1.807) is 32.2 Å². The summed E-state index contributed by atoms with van der Waals surface area (Å²) in [7, 11) is 0.740. The van der Waals surface area contributed by atoms with E-state index in [-0.39, 0.29) is 36.4 Å². The first kappa shape index (κ1) is 30.2. The molecule has 38 heavy (non-hydrogen) atoms. The molecule has 3 rings (SSSR count). The van der Waals surface area contributed by atoms with Crippen molar-refractivity contribution in [3.8, 4) is 0 Å². The quantitative estimate of drug-likeness (QED) is 0.365. The highest BCUT2D eigenvalue weighted by Crippen LogP contribution is 2.33. The molecule has 14 heteroatoms. The van der Waals surface area contributed by atoms with Gasteiger partial charge in [0.25, 0.3) is 0 Å². The molecule has 0 aromatic heterocycles. The summed E-state index contributed by atoms with van der Waals surface area (Å²) in [6.45, 7) is 1.60. The molecule has 2 aromatic carbocycles. The van der Waals surface area contributed by atoms with Crippen molar-refractivity contribution >= 4 is 55.9 Å². The molecule has 0 saturated carbocycles. The number of benzene rings is 2. The second kappa shape index (κ2) is 13.2. The van der Waals surface area contributed by atoms with Crippen molar-refractivity contribution in [1.29, 1.82) is 0 Å². The van der Waals surface area contributed by atoms with Gasteiger partial charge in [0.15, 0.2) is 11.6 Å². The summed E-state index contributed by atoms with van der Waals surface area (Å²) in [6.07, 6.45) is 1.00. The van der Waals surface area contributed by atoms with Crippen LogP contribution in [0.25, 0.3) is 0 Å². The maximum absolute atomic E-state index is 14.7. The number of hydrogen-bond acceptors (Lipinski definition) is 5. The Bertz CT molecular complexity index is 1240. The molecular formula is C24H31F3IN5O4S. The maximum Gasteiger partial charge on any atom is 0.319 e. The van der Waals surface area contributed by atoms with E-state index in [1.807, 2.05) is 22.6 Å². The molecule has 0 radical (unpaired) electrons. The van der Waals surface area contributed by atoms with E-state index in [4.69, 9.17) is 4.74 Å². The minimum atomic E-state index is -4.14. The van der Waals surface area contributed by atoms with Gasteiger partial charge in [0.2, 0.25) is 0 Å². The molecule has 0 bridgehead atoms. The van der Waals surface area contributed by atoms with Crippen LogP contribution in [-0.2, 0) is 14.9 Å². The van der Waals surface area contributed by atoms with Crippen molar-refractivity contribution in [2.24, 2.45) is 5.92 Å². The van der Waals surface area contributed by atoms with Gasteiger partial charge in [-0.05, 0) is 71.7 Å². The molecular weight excluding hydrogens is 638 g/mol. The maximum atomic E-state index is 14.7. The van der Waals surface area contributed by atoms with Gasteiger partial charge in [-0.15, -0.1) is 0 Å². The Hall–Kier alpha value is -2.30. The van der Waals surface area contributed by atoms with Crippen LogP contribution in [0.4, 0.5) is 35.0 Å². The number of nitrogens with zero attached hydrogens (tertiary/aromatic N) is 3. The lowest BCUT2D eigenvalue weighted by Gasteiger charge is -2.35. The van der Waals surface area contributed by atoms with Crippen LogP contribution in [0.2, 0.25) is 0 Å². The van der Waals surface area contributed by atoms with Gasteiger partial charge in [0.05, 0.1) is 18.0 Å². The molecule has 1 aliphatic heterocycles. The van der Waals surface area contributed by atoms with Crippen LogP contribution < -0.4 is 10.0 Å². The number of carbonyl (C=O) groups is 1. The van der Waals surface area contributed by atoms with Crippen LogP contribution in [0.3, 0.4) is 0 Å².